The van der Waals surface area contributed by atoms with Gasteiger partial charge in [0, 0.05) is 11.6 Å². The van der Waals surface area contributed by atoms with Crippen molar-refractivity contribution >= 4 is 23.4 Å². The number of rotatable bonds is 3. The Bertz CT molecular complexity index is 297. The van der Waals surface area contributed by atoms with E-state index in [2.05, 4.69) is 5.32 Å². The third kappa shape index (κ3) is 3.26. The minimum atomic E-state index is -0.439. The average molecular weight is 214 g/mol. The molecule has 0 aliphatic heterocycles. The quantitative estimate of drug-likeness (QED) is 0.784. The Morgan fingerprint density at radius 3 is 2.57 bits per heavy atom. The number of benzene rings is 1. The molecular weight excluding hydrogens is 202 g/mol. The predicted octanol–water partition coefficient (Wildman–Crippen LogP) is 2.99. The van der Waals surface area contributed by atoms with Crippen LogP contribution in [-0.2, 0) is 10.6 Å². The van der Waals surface area contributed by atoms with Crippen LogP contribution in [0.4, 0.5) is 10.5 Å². The summed E-state index contributed by atoms with van der Waals surface area (Å²) >= 11 is 5.62. The lowest BCUT2D eigenvalue weighted by Crippen LogP contribution is -2.13. The fourth-order valence-corrected chi connectivity index (χ4v) is 1.14. The van der Waals surface area contributed by atoms with Crippen LogP contribution in [-0.4, -0.2) is 12.7 Å². The predicted molar refractivity (Wildman–Crippen MR) is 56.6 cm³/mol. The summed E-state index contributed by atoms with van der Waals surface area (Å²) in [6, 6.07) is 7.28. The molecule has 0 atom stereocenters. The van der Waals surface area contributed by atoms with E-state index in [-0.39, 0.29) is 0 Å². The van der Waals surface area contributed by atoms with Crippen molar-refractivity contribution in [1.29, 1.82) is 0 Å². The number of hydrogen-bond donors (Lipinski definition) is 1. The first-order chi connectivity index (χ1) is 6.76. The first-order valence-corrected chi connectivity index (χ1v) is 4.88. The Morgan fingerprint density at radius 1 is 1.43 bits per heavy atom. The number of amides is 1. The van der Waals surface area contributed by atoms with Crippen molar-refractivity contribution in [3.05, 3.63) is 29.8 Å². The highest BCUT2D eigenvalue weighted by Gasteiger charge is 2.00. The van der Waals surface area contributed by atoms with Crippen molar-refractivity contribution in [2.75, 3.05) is 11.9 Å². The van der Waals surface area contributed by atoms with Crippen LogP contribution in [0.1, 0.15) is 12.5 Å². The summed E-state index contributed by atoms with van der Waals surface area (Å²) in [5.74, 6) is 0.472. The minimum absolute atomic E-state index is 0.367. The van der Waals surface area contributed by atoms with Crippen LogP contribution in [0.5, 0.6) is 0 Å². The molecule has 0 unspecified atom stereocenters. The zero-order valence-electron chi connectivity index (χ0n) is 7.92. The molecule has 0 spiro atoms. The van der Waals surface area contributed by atoms with Crippen LogP contribution in [0.25, 0.3) is 0 Å². The summed E-state index contributed by atoms with van der Waals surface area (Å²) in [7, 11) is 0. The van der Waals surface area contributed by atoms with Crippen molar-refractivity contribution in [1.82, 2.24) is 0 Å². The Labute approximate surface area is 88.0 Å². The first kappa shape index (κ1) is 10.9. The maximum Gasteiger partial charge on any atom is 0.411 e. The van der Waals surface area contributed by atoms with E-state index in [9.17, 15) is 4.79 Å². The number of carbonyl (C=O) groups is 1. The zero-order valence-corrected chi connectivity index (χ0v) is 8.67. The van der Waals surface area contributed by atoms with Crippen molar-refractivity contribution in [3.8, 4) is 0 Å². The van der Waals surface area contributed by atoms with Gasteiger partial charge in [0.1, 0.15) is 0 Å². The first-order valence-electron chi connectivity index (χ1n) is 4.35. The van der Waals surface area contributed by atoms with Gasteiger partial charge in [-0.3, -0.25) is 5.32 Å². The molecule has 0 saturated carbocycles. The molecule has 0 fully saturated rings. The van der Waals surface area contributed by atoms with E-state index in [4.69, 9.17) is 16.3 Å². The molecule has 1 aromatic rings. The van der Waals surface area contributed by atoms with Gasteiger partial charge >= 0.3 is 6.09 Å². The number of anilines is 1. The molecule has 0 aromatic heterocycles. The molecule has 1 N–H and O–H groups in total. The highest BCUT2D eigenvalue weighted by Crippen LogP contribution is 2.11. The second-order valence-electron chi connectivity index (χ2n) is 2.68. The summed E-state index contributed by atoms with van der Waals surface area (Å²) in [6.07, 6.45) is -0.439. The molecule has 1 amide bonds. The molecule has 0 aliphatic carbocycles. The van der Waals surface area contributed by atoms with Gasteiger partial charge in [-0.2, -0.15) is 0 Å². The van der Waals surface area contributed by atoms with Crippen LogP contribution in [0, 0.1) is 0 Å². The van der Waals surface area contributed by atoms with Crippen molar-refractivity contribution in [2.45, 2.75) is 12.8 Å². The van der Waals surface area contributed by atoms with E-state index in [1.165, 1.54) is 0 Å². The van der Waals surface area contributed by atoms with Gasteiger partial charge in [0.25, 0.3) is 0 Å². The standard InChI is InChI=1S/C10H12ClNO2/c1-2-14-10(13)12-9-5-3-8(7-11)4-6-9/h3-6H,2,7H2,1H3,(H,12,13). The smallest absolute Gasteiger partial charge is 0.411 e. The second-order valence-corrected chi connectivity index (χ2v) is 2.94. The number of alkyl halides is 1. The largest absolute Gasteiger partial charge is 0.450 e. The van der Waals surface area contributed by atoms with Gasteiger partial charge in [0.2, 0.25) is 0 Å². The maximum absolute atomic E-state index is 11.0. The number of halogens is 1. The van der Waals surface area contributed by atoms with E-state index in [0.717, 1.165) is 5.56 Å². The highest BCUT2D eigenvalue weighted by molar-refractivity contribution is 6.17. The number of ether oxygens (including phenoxy) is 1. The second kappa shape index (κ2) is 5.50. The van der Waals surface area contributed by atoms with Gasteiger partial charge in [-0.15, -0.1) is 11.6 Å². The normalized spacial score (nSPS) is 9.57. The molecule has 76 valence electrons. The molecular formula is C10H12ClNO2. The average Bonchev–Trinajstić information content (AvgIpc) is 2.19. The summed E-state index contributed by atoms with van der Waals surface area (Å²) in [6.45, 7) is 2.13. The molecule has 0 radical (unpaired) electrons. The van der Waals surface area contributed by atoms with E-state index in [1.807, 2.05) is 12.1 Å². The topological polar surface area (TPSA) is 38.3 Å². The number of carbonyl (C=O) groups excluding carboxylic acids is 1. The number of hydrogen-bond acceptors (Lipinski definition) is 2. The lowest BCUT2D eigenvalue weighted by molar-refractivity contribution is 0.168. The van der Waals surface area contributed by atoms with Gasteiger partial charge in [-0.05, 0) is 24.6 Å². The molecule has 1 aromatic carbocycles. The van der Waals surface area contributed by atoms with Gasteiger partial charge in [0.05, 0.1) is 6.61 Å². The van der Waals surface area contributed by atoms with E-state index in [1.54, 1.807) is 19.1 Å². The van der Waals surface area contributed by atoms with Crippen molar-refractivity contribution < 1.29 is 9.53 Å². The van der Waals surface area contributed by atoms with Crippen LogP contribution >= 0.6 is 11.6 Å². The van der Waals surface area contributed by atoms with Crippen LogP contribution in [0.3, 0.4) is 0 Å². The van der Waals surface area contributed by atoms with E-state index < -0.39 is 6.09 Å². The Kier molecular flexibility index (Phi) is 4.26. The van der Waals surface area contributed by atoms with Crippen molar-refractivity contribution in [3.63, 3.8) is 0 Å². The highest BCUT2D eigenvalue weighted by atomic mass is 35.5. The van der Waals surface area contributed by atoms with Crippen LogP contribution in [0.2, 0.25) is 0 Å². The third-order valence-electron chi connectivity index (χ3n) is 1.63. The van der Waals surface area contributed by atoms with Crippen LogP contribution < -0.4 is 5.32 Å². The summed E-state index contributed by atoms with van der Waals surface area (Å²) in [5.41, 5.74) is 1.72. The maximum atomic E-state index is 11.0. The lowest BCUT2D eigenvalue weighted by atomic mass is 10.2. The zero-order chi connectivity index (χ0) is 10.4. The van der Waals surface area contributed by atoms with Gasteiger partial charge in [-0.1, -0.05) is 12.1 Å². The molecule has 4 heteroatoms. The summed E-state index contributed by atoms with van der Waals surface area (Å²) in [5, 5.41) is 2.59. The Morgan fingerprint density at radius 2 is 2.07 bits per heavy atom. The molecule has 1 rings (SSSR count). The fourth-order valence-electron chi connectivity index (χ4n) is 0.962. The van der Waals surface area contributed by atoms with Gasteiger partial charge in [0.15, 0.2) is 0 Å². The third-order valence-corrected chi connectivity index (χ3v) is 1.94. The van der Waals surface area contributed by atoms with Crippen LogP contribution in [0.15, 0.2) is 24.3 Å². The SMILES string of the molecule is CCOC(=O)Nc1ccc(CCl)cc1. The minimum Gasteiger partial charge on any atom is -0.450 e. The van der Waals surface area contributed by atoms with Gasteiger partial charge < -0.3 is 4.74 Å². The molecule has 0 bridgehead atoms. The molecule has 0 heterocycles. The molecule has 3 nitrogen and oxygen atoms in total. The lowest BCUT2D eigenvalue weighted by Gasteiger charge is -2.05. The molecule has 0 aliphatic rings. The monoisotopic (exact) mass is 213 g/mol. The van der Waals surface area contributed by atoms with E-state index >= 15 is 0 Å². The number of nitrogens with one attached hydrogen (secondary N) is 1. The fraction of sp³-hybridized carbons (Fsp3) is 0.300. The Balaban J connectivity index is 2.55. The van der Waals surface area contributed by atoms with E-state index in [0.29, 0.717) is 18.2 Å². The molecule has 14 heavy (non-hydrogen) atoms. The molecule has 0 saturated heterocycles. The van der Waals surface area contributed by atoms with Gasteiger partial charge in [-0.25, -0.2) is 4.79 Å². The summed E-state index contributed by atoms with van der Waals surface area (Å²) < 4.78 is 4.73. The Hall–Kier alpha value is -1.22. The summed E-state index contributed by atoms with van der Waals surface area (Å²) in [4.78, 5) is 11.0. The van der Waals surface area contributed by atoms with Crippen molar-refractivity contribution in [2.24, 2.45) is 0 Å².